The van der Waals surface area contributed by atoms with Crippen molar-refractivity contribution in [1.29, 1.82) is 0 Å². The van der Waals surface area contributed by atoms with Crippen molar-refractivity contribution in [1.82, 2.24) is 10.3 Å². The highest BCUT2D eigenvalue weighted by atomic mass is 15.0. The highest BCUT2D eigenvalue weighted by Gasteiger charge is 2.18. The molecule has 0 saturated heterocycles. The normalized spacial score (nSPS) is 11.5. The summed E-state index contributed by atoms with van der Waals surface area (Å²) in [4.78, 5) is 4.31. The molecule has 0 amide bonds. The summed E-state index contributed by atoms with van der Waals surface area (Å²) < 4.78 is 0. The van der Waals surface area contributed by atoms with Gasteiger partial charge in [-0.05, 0) is 38.0 Å². The molecule has 0 radical (unpaired) electrons. The second-order valence-corrected chi connectivity index (χ2v) is 5.15. The molecule has 1 aromatic carbocycles. The van der Waals surface area contributed by atoms with E-state index < -0.39 is 0 Å². The summed E-state index contributed by atoms with van der Waals surface area (Å²) in [6.07, 6.45) is 1.93. The van der Waals surface area contributed by atoms with Gasteiger partial charge in [-0.2, -0.15) is 0 Å². The minimum atomic E-state index is -0.0356. The summed E-state index contributed by atoms with van der Waals surface area (Å²) in [5.41, 5.74) is 3.53. The van der Waals surface area contributed by atoms with E-state index in [-0.39, 0.29) is 5.54 Å². The first kappa shape index (κ1) is 12.8. The van der Waals surface area contributed by atoms with Crippen molar-refractivity contribution in [2.45, 2.75) is 32.9 Å². The average molecular weight is 240 g/mol. The van der Waals surface area contributed by atoms with Crippen molar-refractivity contribution in [3.63, 3.8) is 0 Å². The van der Waals surface area contributed by atoms with Gasteiger partial charge in [0, 0.05) is 24.0 Å². The summed E-state index contributed by atoms with van der Waals surface area (Å²) in [5.74, 6) is 0. The second kappa shape index (κ2) is 5.32. The van der Waals surface area contributed by atoms with Crippen LogP contribution in [0.25, 0.3) is 0 Å². The van der Waals surface area contributed by atoms with E-state index in [4.69, 9.17) is 0 Å². The summed E-state index contributed by atoms with van der Waals surface area (Å²) in [6, 6.07) is 14.7. The number of hydrogen-bond acceptors (Lipinski definition) is 2. The number of benzene rings is 1. The molecule has 0 atom stereocenters. The van der Waals surface area contributed by atoms with Gasteiger partial charge in [0.25, 0.3) is 0 Å². The number of aromatic nitrogens is 1. The fourth-order valence-corrected chi connectivity index (χ4v) is 1.88. The Morgan fingerprint density at radius 1 is 1.06 bits per heavy atom. The molecule has 1 N–H and O–H groups in total. The third kappa shape index (κ3) is 3.17. The zero-order valence-corrected chi connectivity index (χ0v) is 11.3. The monoisotopic (exact) mass is 240 g/mol. The lowest BCUT2D eigenvalue weighted by Gasteiger charge is -2.27. The van der Waals surface area contributed by atoms with Gasteiger partial charge in [0.2, 0.25) is 0 Å². The van der Waals surface area contributed by atoms with Gasteiger partial charge in [-0.25, -0.2) is 0 Å². The molecule has 0 spiro atoms. The second-order valence-electron chi connectivity index (χ2n) is 5.15. The average Bonchev–Trinajstić information content (AvgIpc) is 2.39. The van der Waals surface area contributed by atoms with Gasteiger partial charge in [0.15, 0.2) is 0 Å². The van der Waals surface area contributed by atoms with Crippen LogP contribution in [0.3, 0.4) is 0 Å². The van der Waals surface area contributed by atoms with Crippen LogP contribution in [0.5, 0.6) is 0 Å². The molecule has 0 aliphatic rings. The molecule has 1 aromatic heterocycles. The fraction of sp³-hybridized carbons (Fsp3) is 0.312. The minimum absolute atomic E-state index is 0.0356. The molecular weight excluding hydrogens is 220 g/mol. The summed E-state index contributed by atoms with van der Waals surface area (Å²) in [7, 11) is 0. The number of rotatable bonds is 4. The van der Waals surface area contributed by atoms with Gasteiger partial charge in [0.1, 0.15) is 0 Å². The zero-order chi connectivity index (χ0) is 13.0. The van der Waals surface area contributed by atoms with E-state index in [1.165, 1.54) is 11.1 Å². The van der Waals surface area contributed by atoms with E-state index in [1.54, 1.807) is 0 Å². The van der Waals surface area contributed by atoms with Crippen LogP contribution < -0.4 is 5.32 Å². The standard InChI is InChI=1S/C16H20N2/c1-13-9-10-14(11-17-13)12-18-16(2,3)15-7-5-4-6-8-15/h4-11,18H,12H2,1-3H3. The topological polar surface area (TPSA) is 24.9 Å². The molecule has 2 heteroatoms. The van der Waals surface area contributed by atoms with Gasteiger partial charge in [-0.15, -0.1) is 0 Å². The SMILES string of the molecule is Cc1ccc(CNC(C)(C)c2ccccc2)cn1. The molecule has 1 heterocycles. The third-order valence-corrected chi connectivity index (χ3v) is 3.20. The molecule has 0 fully saturated rings. The van der Waals surface area contributed by atoms with Crippen LogP contribution in [0, 0.1) is 6.92 Å². The number of nitrogens with zero attached hydrogens (tertiary/aromatic N) is 1. The maximum atomic E-state index is 4.31. The quantitative estimate of drug-likeness (QED) is 0.885. The number of hydrogen-bond donors (Lipinski definition) is 1. The zero-order valence-electron chi connectivity index (χ0n) is 11.3. The summed E-state index contributed by atoms with van der Waals surface area (Å²) >= 11 is 0. The van der Waals surface area contributed by atoms with Crippen LogP contribution in [0.2, 0.25) is 0 Å². The van der Waals surface area contributed by atoms with Crippen LogP contribution in [0.4, 0.5) is 0 Å². The number of nitrogens with one attached hydrogen (secondary N) is 1. The van der Waals surface area contributed by atoms with E-state index in [9.17, 15) is 0 Å². The molecular formula is C16H20N2. The first-order valence-corrected chi connectivity index (χ1v) is 6.30. The highest BCUT2D eigenvalue weighted by Crippen LogP contribution is 2.19. The van der Waals surface area contributed by atoms with Crippen LogP contribution in [-0.4, -0.2) is 4.98 Å². The Bertz CT molecular complexity index is 486. The van der Waals surface area contributed by atoms with Crippen molar-refractivity contribution in [3.05, 3.63) is 65.5 Å². The van der Waals surface area contributed by atoms with Gasteiger partial charge >= 0.3 is 0 Å². The van der Waals surface area contributed by atoms with Crippen LogP contribution in [0.1, 0.15) is 30.7 Å². The number of pyridine rings is 1. The fourth-order valence-electron chi connectivity index (χ4n) is 1.88. The maximum Gasteiger partial charge on any atom is 0.0380 e. The Balaban J connectivity index is 2.03. The highest BCUT2D eigenvalue weighted by molar-refractivity contribution is 5.23. The van der Waals surface area contributed by atoms with E-state index >= 15 is 0 Å². The molecule has 0 bridgehead atoms. The van der Waals surface area contributed by atoms with Crippen LogP contribution >= 0.6 is 0 Å². The Kier molecular flexibility index (Phi) is 3.78. The van der Waals surface area contributed by atoms with E-state index in [1.807, 2.05) is 25.3 Å². The van der Waals surface area contributed by atoms with Crippen molar-refractivity contribution >= 4 is 0 Å². The summed E-state index contributed by atoms with van der Waals surface area (Å²) in [6.45, 7) is 7.23. The lowest BCUT2D eigenvalue weighted by Crippen LogP contribution is -2.35. The van der Waals surface area contributed by atoms with Gasteiger partial charge in [-0.3, -0.25) is 4.98 Å². The largest absolute Gasteiger partial charge is 0.304 e. The molecule has 94 valence electrons. The molecule has 2 aromatic rings. The Morgan fingerprint density at radius 2 is 1.78 bits per heavy atom. The Hall–Kier alpha value is -1.67. The summed E-state index contributed by atoms with van der Waals surface area (Å²) in [5, 5.41) is 3.57. The van der Waals surface area contributed by atoms with Crippen molar-refractivity contribution < 1.29 is 0 Å². The lowest BCUT2D eigenvalue weighted by molar-refractivity contribution is 0.401. The predicted molar refractivity (Wildman–Crippen MR) is 75.3 cm³/mol. The smallest absolute Gasteiger partial charge is 0.0380 e. The number of aryl methyl sites for hydroxylation is 1. The van der Waals surface area contributed by atoms with E-state index in [2.05, 4.69) is 54.5 Å². The first-order chi connectivity index (χ1) is 8.58. The molecule has 2 rings (SSSR count). The Morgan fingerprint density at radius 3 is 2.39 bits per heavy atom. The molecule has 2 nitrogen and oxygen atoms in total. The van der Waals surface area contributed by atoms with E-state index in [0.29, 0.717) is 0 Å². The molecule has 0 saturated carbocycles. The van der Waals surface area contributed by atoms with Crippen LogP contribution in [0.15, 0.2) is 48.7 Å². The van der Waals surface area contributed by atoms with Crippen molar-refractivity contribution in [3.8, 4) is 0 Å². The van der Waals surface area contributed by atoms with Gasteiger partial charge in [-0.1, -0.05) is 36.4 Å². The predicted octanol–water partition coefficient (Wildman–Crippen LogP) is 3.41. The molecule has 0 aliphatic heterocycles. The van der Waals surface area contributed by atoms with Crippen LogP contribution in [-0.2, 0) is 12.1 Å². The first-order valence-electron chi connectivity index (χ1n) is 6.30. The lowest BCUT2D eigenvalue weighted by atomic mass is 9.94. The molecule has 18 heavy (non-hydrogen) atoms. The Labute approximate surface area is 109 Å². The van der Waals surface area contributed by atoms with Crippen molar-refractivity contribution in [2.75, 3.05) is 0 Å². The van der Waals surface area contributed by atoms with E-state index in [0.717, 1.165) is 12.2 Å². The van der Waals surface area contributed by atoms with Gasteiger partial charge < -0.3 is 5.32 Å². The third-order valence-electron chi connectivity index (χ3n) is 3.20. The minimum Gasteiger partial charge on any atom is -0.304 e. The van der Waals surface area contributed by atoms with Crippen molar-refractivity contribution in [2.24, 2.45) is 0 Å². The van der Waals surface area contributed by atoms with Gasteiger partial charge in [0.05, 0.1) is 0 Å². The maximum absolute atomic E-state index is 4.31. The molecule has 0 aliphatic carbocycles. The molecule has 0 unspecified atom stereocenters.